The molecule has 0 saturated carbocycles. The fraction of sp³-hybridized carbons (Fsp3) is 0.727. The van der Waals surface area contributed by atoms with Crippen LogP contribution in [0.15, 0.2) is 0 Å². The van der Waals surface area contributed by atoms with Gasteiger partial charge in [-0.15, -0.1) is 0 Å². The van der Waals surface area contributed by atoms with Crippen LogP contribution in [0.25, 0.3) is 0 Å². The number of aliphatic carboxylic acids is 1. The zero-order valence-corrected chi connectivity index (χ0v) is 10.4. The largest absolute Gasteiger partial charge is 0.480 e. The van der Waals surface area contributed by atoms with Gasteiger partial charge in [-0.05, 0) is 20.3 Å². The summed E-state index contributed by atoms with van der Waals surface area (Å²) in [4.78, 5) is 23.9. The van der Waals surface area contributed by atoms with Gasteiger partial charge in [0.1, 0.15) is 6.04 Å². The Balaban J connectivity index is 4.45. The molecular weight excluding hydrogens is 222 g/mol. The van der Waals surface area contributed by atoms with Gasteiger partial charge in [-0.25, -0.2) is 9.59 Å². The Labute approximate surface area is 101 Å². The fourth-order valence-corrected chi connectivity index (χ4v) is 1.31. The number of nitrogens with one attached hydrogen (secondary N) is 1. The Hall–Kier alpha value is -1.77. The first-order valence-electron chi connectivity index (χ1n) is 5.64. The number of rotatable bonds is 6. The number of hydrogen-bond acceptors (Lipinski definition) is 3. The van der Waals surface area contributed by atoms with Gasteiger partial charge in [0.05, 0.1) is 12.0 Å². The lowest BCUT2D eigenvalue weighted by Gasteiger charge is -2.24. The van der Waals surface area contributed by atoms with E-state index < -0.39 is 18.0 Å². The van der Waals surface area contributed by atoms with Gasteiger partial charge in [-0.3, -0.25) is 0 Å². The van der Waals surface area contributed by atoms with Crippen LogP contribution in [0.3, 0.4) is 0 Å². The van der Waals surface area contributed by atoms with Crippen LogP contribution in [-0.4, -0.2) is 41.1 Å². The maximum Gasteiger partial charge on any atom is 0.326 e. The quantitative estimate of drug-likeness (QED) is 0.726. The number of nitrogens with zero attached hydrogens (tertiary/aromatic N) is 2. The highest BCUT2D eigenvalue weighted by Gasteiger charge is 2.21. The van der Waals surface area contributed by atoms with E-state index in [-0.39, 0.29) is 5.92 Å². The third-order valence-electron chi connectivity index (χ3n) is 2.39. The van der Waals surface area contributed by atoms with Crippen LogP contribution in [-0.2, 0) is 4.79 Å². The van der Waals surface area contributed by atoms with Gasteiger partial charge in [0, 0.05) is 13.1 Å². The van der Waals surface area contributed by atoms with Gasteiger partial charge in [-0.1, -0.05) is 6.92 Å². The number of carbonyl (C=O) groups excluding carboxylic acids is 1. The van der Waals surface area contributed by atoms with Crippen molar-refractivity contribution in [1.29, 1.82) is 5.26 Å². The van der Waals surface area contributed by atoms with Crippen LogP contribution in [0.1, 0.15) is 27.2 Å². The molecule has 96 valence electrons. The van der Waals surface area contributed by atoms with E-state index in [1.54, 1.807) is 20.8 Å². The van der Waals surface area contributed by atoms with Crippen LogP contribution in [0.4, 0.5) is 4.79 Å². The van der Waals surface area contributed by atoms with E-state index in [2.05, 4.69) is 5.32 Å². The summed E-state index contributed by atoms with van der Waals surface area (Å²) < 4.78 is 0. The Morgan fingerprint density at radius 1 is 1.47 bits per heavy atom. The molecule has 0 aromatic rings. The first kappa shape index (κ1) is 15.2. The predicted molar refractivity (Wildman–Crippen MR) is 62.3 cm³/mol. The SMILES string of the molecule is CC[C@@H](NC(=O)N(CC)CC(C)C#N)C(=O)O. The van der Waals surface area contributed by atoms with Crippen molar-refractivity contribution < 1.29 is 14.7 Å². The van der Waals surface area contributed by atoms with E-state index in [4.69, 9.17) is 10.4 Å². The van der Waals surface area contributed by atoms with E-state index >= 15 is 0 Å². The lowest BCUT2D eigenvalue weighted by atomic mass is 10.2. The average molecular weight is 241 g/mol. The molecule has 0 radical (unpaired) electrons. The molecule has 0 aromatic carbocycles. The highest BCUT2D eigenvalue weighted by molar-refractivity contribution is 5.82. The molecule has 1 unspecified atom stereocenters. The van der Waals surface area contributed by atoms with Crippen LogP contribution < -0.4 is 5.32 Å². The van der Waals surface area contributed by atoms with Crippen molar-refractivity contribution in [2.24, 2.45) is 5.92 Å². The molecule has 17 heavy (non-hydrogen) atoms. The van der Waals surface area contributed by atoms with Crippen molar-refractivity contribution in [3.05, 3.63) is 0 Å². The second-order valence-corrected chi connectivity index (χ2v) is 3.82. The smallest absolute Gasteiger partial charge is 0.326 e. The maximum absolute atomic E-state index is 11.7. The van der Waals surface area contributed by atoms with Crippen LogP contribution in [0, 0.1) is 17.2 Å². The summed E-state index contributed by atoms with van der Waals surface area (Å²) in [5.74, 6) is -1.32. The summed E-state index contributed by atoms with van der Waals surface area (Å²) in [5.41, 5.74) is 0. The molecule has 2 atom stereocenters. The number of carbonyl (C=O) groups is 2. The van der Waals surface area contributed by atoms with E-state index in [0.29, 0.717) is 19.5 Å². The number of carboxylic acids is 1. The lowest BCUT2D eigenvalue weighted by Crippen LogP contribution is -2.48. The zero-order chi connectivity index (χ0) is 13.4. The van der Waals surface area contributed by atoms with E-state index in [1.807, 2.05) is 6.07 Å². The molecule has 0 rings (SSSR count). The number of hydrogen-bond donors (Lipinski definition) is 2. The van der Waals surface area contributed by atoms with Crippen LogP contribution in [0.5, 0.6) is 0 Å². The molecule has 0 bridgehead atoms. The summed E-state index contributed by atoms with van der Waals surface area (Å²) in [5, 5.41) is 19.9. The third kappa shape index (κ3) is 5.20. The molecule has 0 aromatic heterocycles. The maximum atomic E-state index is 11.7. The van der Waals surface area contributed by atoms with Crippen LogP contribution >= 0.6 is 0 Å². The summed E-state index contributed by atoms with van der Waals surface area (Å²) in [7, 11) is 0. The summed E-state index contributed by atoms with van der Waals surface area (Å²) in [6, 6.07) is 0.715. The fourth-order valence-electron chi connectivity index (χ4n) is 1.31. The van der Waals surface area contributed by atoms with Crippen molar-refractivity contribution in [3.8, 4) is 6.07 Å². The highest BCUT2D eigenvalue weighted by Crippen LogP contribution is 2.00. The number of nitriles is 1. The molecule has 0 aliphatic heterocycles. The summed E-state index contributed by atoms with van der Waals surface area (Å²) >= 11 is 0. The molecular formula is C11H19N3O3. The minimum Gasteiger partial charge on any atom is -0.480 e. The third-order valence-corrected chi connectivity index (χ3v) is 2.39. The summed E-state index contributed by atoms with van der Waals surface area (Å²) in [6.07, 6.45) is 0.326. The van der Waals surface area contributed by atoms with Crippen LogP contribution in [0.2, 0.25) is 0 Å². The number of urea groups is 1. The molecule has 6 nitrogen and oxygen atoms in total. The van der Waals surface area contributed by atoms with E-state index in [1.165, 1.54) is 4.90 Å². The van der Waals surface area contributed by atoms with Gasteiger partial charge in [0.2, 0.25) is 0 Å². The number of carboxylic acid groups (broad SMARTS) is 1. The van der Waals surface area contributed by atoms with Gasteiger partial charge in [-0.2, -0.15) is 5.26 Å². The zero-order valence-electron chi connectivity index (χ0n) is 10.4. The summed E-state index contributed by atoms with van der Waals surface area (Å²) in [6.45, 7) is 5.92. The predicted octanol–water partition coefficient (Wildman–Crippen LogP) is 1.04. The molecule has 0 saturated heterocycles. The molecule has 0 aliphatic carbocycles. The van der Waals surface area contributed by atoms with Crippen molar-refractivity contribution in [1.82, 2.24) is 10.2 Å². The molecule has 6 heteroatoms. The minimum absolute atomic E-state index is 0.273. The van der Waals surface area contributed by atoms with Crippen molar-refractivity contribution in [3.63, 3.8) is 0 Å². The molecule has 0 fully saturated rings. The van der Waals surface area contributed by atoms with Crippen molar-refractivity contribution >= 4 is 12.0 Å². The second kappa shape index (κ2) is 7.49. The Kier molecular flexibility index (Phi) is 6.71. The van der Waals surface area contributed by atoms with Gasteiger partial charge < -0.3 is 15.3 Å². The Morgan fingerprint density at radius 2 is 2.06 bits per heavy atom. The standard InChI is InChI=1S/C11H19N3O3/c1-4-9(10(15)16)13-11(17)14(5-2)7-8(3)6-12/h8-9H,4-5,7H2,1-3H3,(H,13,17)(H,15,16)/t8?,9-/m1/s1. The normalized spacial score (nSPS) is 13.3. The molecule has 0 aliphatic rings. The van der Waals surface area contributed by atoms with Crippen molar-refractivity contribution in [2.75, 3.05) is 13.1 Å². The van der Waals surface area contributed by atoms with Crippen molar-refractivity contribution in [2.45, 2.75) is 33.2 Å². The molecule has 0 spiro atoms. The van der Waals surface area contributed by atoms with Gasteiger partial charge >= 0.3 is 12.0 Å². The second-order valence-electron chi connectivity index (χ2n) is 3.82. The minimum atomic E-state index is -1.05. The molecule has 0 heterocycles. The Morgan fingerprint density at radius 3 is 2.41 bits per heavy atom. The van der Waals surface area contributed by atoms with E-state index in [9.17, 15) is 9.59 Å². The monoisotopic (exact) mass is 241 g/mol. The number of amides is 2. The highest BCUT2D eigenvalue weighted by atomic mass is 16.4. The lowest BCUT2D eigenvalue weighted by molar-refractivity contribution is -0.139. The van der Waals surface area contributed by atoms with Gasteiger partial charge in [0.25, 0.3) is 0 Å². The van der Waals surface area contributed by atoms with Gasteiger partial charge in [0.15, 0.2) is 0 Å². The molecule has 2 amide bonds. The topological polar surface area (TPSA) is 93.4 Å². The first-order valence-corrected chi connectivity index (χ1v) is 5.64. The van der Waals surface area contributed by atoms with E-state index in [0.717, 1.165) is 0 Å². The Bertz CT molecular complexity index is 312. The first-order chi connectivity index (χ1) is 7.96. The molecule has 2 N–H and O–H groups in total. The average Bonchev–Trinajstić information content (AvgIpc) is 2.31.